The molecule has 4 rings (SSSR count). The van der Waals surface area contributed by atoms with Gasteiger partial charge >= 0.3 is 5.97 Å². The van der Waals surface area contributed by atoms with Crippen LogP contribution in [0.15, 0.2) is 53.2 Å². The van der Waals surface area contributed by atoms with Crippen molar-refractivity contribution in [1.82, 2.24) is 0 Å². The molecule has 27 heavy (non-hydrogen) atoms. The van der Waals surface area contributed by atoms with E-state index < -0.39 is 5.97 Å². The first-order chi connectivity index (χ1) is 13.0. The van der Waals surface area contributed by atoms with Gasteiger partial charge in [0.1, 0.15) is 0 Å². The molecule has 2 heterocycles. The van der Waals surface area contributed by atoms with Crippen LogP contribution >= 0.6 is 0 Å². The normalized spacial score (nSPS) is 18.2. The lowest BCUT2D eigenvalue weighted by atomic mass is 10.0. The van der Waals surface area contributed by atoms with E-state index >= 15 is 0 Å². The van der Waals surface area contributed by atoms with Crippen LogP contribution in [0.25, 0.3) is 6.08 Å². The lowest BCUT2D eigenvalue weighted by Crippen LogP contribution is -2.23. The van der Waals surface area contributed by atoms with Gasteiger partial charge in [0.05, 0.1) is 0 Å². The molecular formula is C22H20N2O3. The van der Waals surface area contributed by atoms with Gasteiger partial charge in [-0.1, -0.05) is 23.8 Å². The highest BCUT2D eigenvalue weighted by atomic mass is 16.6. The Morgan fingerprint density at radius 1 is 1.07 bits per heavy atom. The van der Waals surface area contributed by atoms with Crippen molar-refractivity contribution in [3.8, 4) is 0 Å². The first-order valence-electron chi connectivity index (χ1n) is 9.02. The molecule has 0 N–H and O–H groups in total. The lowest BCUT2D eigenvalue weighted by Gasteiger charge is -2.15. The van der Waals surface area contributed by atoms with Gasteiger partial charge in [-0.2, -0.15) is 0 Å². The van der Waals surface area contributed by atoms with Crippen LogP contribution < -0.4 is 4.90 Å². The van der Waals surface area contributed by atoms with Gasteiger partial charge in [0.15, 0.2) is 5.70 Å². The molecule has 5 heteroatoms. The number of aryl methyl sites for hydroxylation is 2. The summed E-state index contributed by atoms with van der Waals surface area (Å²) < 4.78 is 5.35. The van der Waals surface area contributed by atoms with E-state index in [1.807, 2.05) is 56.3 Å². The van der Waals surface area contributed by atoms with Crippen molar-refractivity contribution in [2.45, 2.75) is 26.7 Å². The topological polar surface area (TPSA) is 59.0 Å². The number of anilines is 1. The number of hydrogen-bond donors (Lipinski definition) is 0. The van der Waals surface area contributed by atoms with E-state index in [1.165, 1.54) is 0 Å². The highest BCUT2D eigenvalue weighted by molar-refractivity contribution is 6.13. The highest BCUT2D eigenvalue weighted by Crippen LogP contribution is 2.25. The number of cyclic esters (lactones) is 1. The van der Waals surface area contributed by atoms with E-state index in [2.05, 4.69) is 4.99 Å². The van der Waals surface area contributed by atoms with E-state index in [0.29, 0.717) is 12.0 Å². The summed E-state index contributed by atoms with van der Waals surface area (Å²) in [6.07, 6.45) is 3.24. The average Bonchev–Trinajstić information content (AvgIpc) is 3.24. The van der Waals surface area contributed by atoms with Crippen LogP contribution in [0.5, 0.6) is 0 Å². The Balaban J connectivity index is 1.60. The predicted octanol–water partition coefficient (Wildman–Crippen LogP) is 3.77. The maximum absolute atomic E-state index is 12.2. The zero-order valence-electron chi connectivity index (χ0n) is 15.4. The fourth-order valence-electron chi connectivity index (χ4n) is 3.30. The van der Waals surface area contributed by atoms with E-state index in [9.17, 15) is 9.59 Å². The van der Waals surface area contributed by atoms with Crippen LogP contribution in [0.2, 0.25) is 0 Å². The molecule has 0 radical (unpaired) electrons. The van der Waals surface area contributed by atoms with Gasteiger partial charge in [0, 0.05) is 24.2 Å². The first-order valence-corrected chi connectivity index (χ1v) is 9.02. The molecule has 2 aromatic rings. The second-order valence-corrected chi connectivity index (χ2v) is 6.89. The van der Waals surface area contributed by atoms with Gasteiger partial charge < -0.3 is 9.64 Å². The van der Waals surface area contributed by atoms with Gasteiger partial charge in [-0.05, 0) is 61.7 Å². The number of nitrogens with zero attached hydrogens (tertiary/aromatic N) is 2. The molecule has 0 unspecified atom stereocenters. The maximum atomic E-state index is 12.2. The summed E-state index contributed by atoms with van der Waals surface area (Å²) in [5, 5.41) is 0. The molecule has 2 aliphatic heterocycles. The number of carbonyl (C=O) groups is 2. The van der Waals surface area contributed by atoms with E-state index in [4.69, 9.17) is 4.74 Å². The number of hydrogen-bond acceptors (Lipinski definition) is 4. The van der Waals surface area contributed by atoms with Crippen molar-refractivity contribution in [2.24, 2.45) is 4.99 Å². The second-order valence-electron chi connectivity index (χ2n) is 6.89. The summed E-state index contributed by atoms with van der Waals surface area (Å²) in [7, 11) is 0. The monoisotopic (exact) mass is 360 g/mol. The van der Waals surface area contributed by atoms with Gasteiger partial charge in [-0.3, -0.25) is 4.79 Å². The first kappa shape index (κ1) is 17.2. The third-order valence-corrected chi connectivity index (χ3v) is 4.85. The largest absolute Gasteiger partial charge is 0.402 e. The van der Waals surface area contributed by atoms with E-state index in [1.54, 1.807) is 11.0 Å². The van der Waals surface area contributed by atoms with E-state index in [0.717, 1.165) is 35.3 Å². The van der Waals surface area contributed by atoms with Crippen molar-refractivity contribution < 1.29 is 14.3 Å². The summed E-state index contributed by atoms with van der Waals surface area (Å²) in [5.74, 6) is -0.0216. The maximum Gasteiger partial charge on any atom is 0.363 e. The predicted molar refractivity (Wildman–Crippen MR) is 105 cm³/mol. The molecular weight excluding hydrogens is 340 g/mol. The molecule has 0 atom stereocenters. The molecule has 2 aromatic carbocycles. The molecule has 5 nitrogen and oxygen atoms in total. The summed E-state index contributed by atoms with van der Waals surface area (Å²) >= 11 is 0. The molecule has 1 amide bonds. The Kier molecular flexibility index (Phi) is 4.36. The summed E-state index contributed by atoms with van der Waals surface area (Å²) in [6.45, 7) is 4.75. The van der Waals surface area contributed by atoms with Crippen molar-refractivity contribution in [3.63, 3.8) is 0 Å². The number of benzene rings is 2. The SMILES string of the molecule is Cc1ccc(C)c(/C=C2\N=C(c3ccc(N4CCCC4=O)cc3)OC2=O)c1. The fraction of sp³-hybridized carbons (Fsp3) is 0.227. The third-order valence-electron chi connectivity index (χ3n) is 4.85. The Hall–Kier alpha value is -3.21. The number of carbonyl (C=O) groups excluding carboxylic acids is 2. The number of ether oxygens (including phenoxy) is 1. The molecule has 136 valence electrons. The molecule has 2 aliphatic rings. The molecule has 1 fully saturated rings. The molecule has 0 bridgehead atoms. The van der Waals surface area contributed by atoms with Crippen molar-refractivity contribution in [2.75, 3.05) is 11.4 Å². The van der Waals surface area contributed by atoms with Crippen LogP contribution in [0.3, 0.4) is 0 Å². The minimum absolute atomic E-state index is 0.145. The molecule has 0 aliphatic carbocycles. The lowest BCUT2D eigenvalue weighted by molar-refractivity contribution is -0.130. The average molecular weight is 360 g/mol. The minimum Gasteiger partial charge on any atom is -0.402 e. The van der Waals surface area contributed by atoms with Gasteiger partial charge in [-0.15, -0.1) is 0 Å². The number of aliphatic imine (C=N–C) groups is 1. The quantitative estimate of drug-likeness (QED) is 0.618. The second kappa shape index (κ2) is 6.83. The van der Waals surface area contributed by atoms with E-state index in [-0.39, 0.29) is 17.5 Å². The Morgan fingerprint density at radius 2 is 1.85 bits per heavy atom. The van der Waals surface area contributed by atoms with Crippen LogP contribution in [0.1, 0.15) is 35.1 Å². The summed E-state index contributed by atoms with van der Waals surface area (Å²) in [5.41, 5.74) is 5.01. The van der Waals surface area contributed by atoms with Crippen LogP contribution in [-0.4, -0.2) is 24.3 Å². The zero-order valence-corrected chi connectivity index (χ0v) is 15.4. The Morgan fingerprint density at radius 3 is 2.56 bits per heavy atom. The van der Waals surface area contributed by atoms with Gasteiger partial charge in [0.25, 0.3) is 0 Å². The standard InChI is InChI=1S/C22H20N2O3/c1-14-5-6-15(2)17(12-14)13-19-22(26)27-21(23-19)16-7-9-18(10-8-16)24-11-3-4-20(24)25/h5-10,12-13H,3-4,11H2,1-2H3/b19-13-. The Bertz CT molecular complexity index is 987. The number of rotatable bonds is 3. The molecule has 1 saturated heterocycles. The van der Waals surface area contributed by atoms with Gasteiger partial charge in [0.2, 0.25) is 11.8 Å². The van der Waals surface area contributed by atoms with Crippen molar-refractivity contribution in [3.05, 3.63) is 70.4 Å². The highest BCUT2D eigenvalue weighted by Gasteiger charge is 2.25. The molecule has 0 spiro atoms. The smallest absolute Gasteiger partial charge is 0.363 e. The summed E-state index contributed by atoms with van der Waals surface area (Å²) in [6, 6.07) is 13.5. The Labute approximate surface area is 158 Å². The fourth-order valence-corrected chi connectivity index (χ4v) is 3.30. The minimum atomic E-state index is -0.454. The van der Waals surface area contributed by atoms with Crippen LogP contribution in [0, 0.1) is 13.8 Å². The van der Waals surface area contributed by atoms with Crippen molar-refractivity contribution in [1.29, 1.82) is 0 Å². The zero-order chi connectivity index (χ0) is 19.0. The van der Waals surface area contributed by atoms with Crippen molar-refractivity contribution >= 4 is 29.5 Å². The van der Waals surface area contributed by atoms with Crippen LogP contribution in [-0.2, 0) is 14.3 Å². The number of esters is 1. The summed E-state index contributed by atoms with van der Waals surface area (Å²) in [4.78, 5) is 30.2. The number of amides is 1. The van der Waals surface area contributed by atoms with Crippen LogP contribution in [0.4, 0.5) is 5.69 Å². The molecule has 0 saturated carbocycles. The van der Waals surface area contributed by atoms with Gasteiger partial charge in [-0.25, -0.2) is 9.79 Å². The molecule has 0 aromatic heterocycles. The third kappa shape index (κ3) is 3.40.